The zero-order chi connectivity index (χ0) is 50.7. The lowest BCUT2D eigenvalue weighted by Gasteiger charge is -2.20. The molecule has 6 heteroatoms. The van der Waals surface area contributed by atoms with Crippen LogP contribution in [0, 0.1) is 13.8 Å². The van der Waals surface area contributed by atoms with Crippen LogP contribution in [0.4, 0.5) is 0 Å². The Kier molecular flexibility index (Phi) is 10.8. The maximum absolute atomic E-state index is 5.34. The number of rotatable bonds is 9. The number of fused-ring (bicyclic) bond motifs is 4. The van der Waals surface area contributed by atoms with Crippen LogP contribution in [0.3, 0.4) is 0 Å². The van der Waals surface area contributed by atoms with Crippen LogP contribution in [0.2, 0.25) is 0 Å². The standard InChI is InChI=1S/C70H48N6/c1-45-39-56(43-62-67(45)75(57-25-13-6-14-26-57)70(74-62)54-24-17-36-71-44-54)53-33-35-59-61(41-53)66(50-20-9-4-10-21-50)58-34-32-52(40-60(58)65(59)49-18-7-3-8-19-49)47-28-30-48(31-29-47)55-38-46(2)68-63(42-55)73-69(51-22-11-5-12-23-51)76(68)64-27-15-16-37-72-64/h3-44H,1-2H3. The van der Waals surface area contributed by atoms with Crippen LogP contribution >= 0.6 is 0 Å². The fourth-order valence-corrected chi connectivity index (χ4v) is 11.4. The highest BCUT2D eigenvalue weighted by Crippen LogP contribution is 2.47. The fraction of sp³-hybridized carbons (Fsp3) is 0.0286. The molecule has 0 aliphatic rings. The van der Waals surface area contributed by atoms with Crippen molar-refractivity contribution >= 4 is 43.6 Å². The van der Waals surface area contributed by atoms with Gasteiger partial charge in [-0.25, -0.2) is 15.0 Å². The normalized spacial score (nSPS) is 11.6. The van der Waals surface area contributed by atoms with Gasteiger partial charge in [-0.05, 0) is 175 Å². The summed E-state index contributed by atoms with van der Waals surface area (Å²) in [6.07, 6.45) is 5.54. The van der Waals surface area contributed by atoms with E-state index in [2.05, 4.69) is 234 Å². The van der Waals surface area contributed by atoms with E-state index < -0.39 is 0 Å². The zero-order valence-corrected chi connectivity index (χ0v) is 41.9. The Morgan fingerprint density at radius 2 is 0.776 bits per heavy atom. The van der Waals surface area contributed by atoms with E-state index in [9.17, 15) is 0 Å². The molecular weight excluding hydrogens is 925 g/mol. The molecule has 6 nitrogen and oxygen atoms in total. The molecule has 14 aromatic rings. The number of aromatic nitrogens is 6. The van der Waals surface area contributed by atoms with E-state index in [1.165, 1.54) is 43.8 Å². The minimum atomic E-state index is 0.844. The van der Waals surface area contributed by atoms with Gasteiger partial charge < -0.3 is 0 Å². The smallest absolute Gasteiger partial charge is 0.147 e. The van der Waals surface area contributed by atoms with E-state index in [0.717, 1.165) is 101 Å². The van der Waals surface area contributed by atoms with Crippen molar-refractivity contribution in [2.45, 2.75) is 13.8 Å². The first-order chi connectivity index (χ1) is 37.5. The highest BCUT2D eigenvalue weighted by molar-refractivity contribution is 6.22. The summed E-state index contributed by atoms with van der Waals surface area (Å²) in [6, 6.07) is 84.8. The molecule has 0 N–H and O–H groups in total. The molecule has 358 valence electrons. The molecule has 0 amide bonds. The molecule has 4 heterocycles. The molecule has 14 rings (SSSR count). The number of nitrogens with zero attached hydrogens (tertiary/aromatic N) is 6. The molecule has 4 aromatic heterocycles. The third-order valence-corrected chi connectivity index (χ3v) is 14.9. The van der Waals surface area contributed by atoms with Crippen molar-refractivity contribution in [2.24, 2.45) is 0 Å². The predicted octanol–water partition coefficient (Wildman–Crippen LogP) is 17.7. The van der Waals surface area contributed by atoms with E-state index in [-0.39, 0.29) is 0 Å². The molecule has 0 aliphatic heterocycles. The Bertz CT molecular complexity index is 4470. The molecule has 76 heavy (non-hydrogen) atoms. The lowest BCUT2D eigenvalue weighted by Crippen LogP contribution is -2.00. The van der Waals surface area contributed by atoms with Crippen LogP contribution in [-0.2, 0) is 0 Å². The second kappa shape index (κ2) is 18.5. The predicted molar refractivity (Wildman–Crippen MR) is 314 cm³/mol. The van der Waals surface area contributed by atoms with Gasteiger partial charge in [-0.3, -0.25) is 14.1 Å². The highest BCUT2D eigenvalue weighted by Gasteiger charge is 2.22. The molecule has 0 saturated carbocycles. The Labute approximate surface area is 440 Å². The second-order valence-electron chi connectivity index (χ2n) is 19.6. The number of para-hydroxylation sites is 1. The van der Waals surface area contributed by atoms with E-state index in [4.69, 9.17) is 15.0 Å². The number of hydrogen-bond acceptors (Lipinski definition) is 4. The Morgan fingerprint density at radius 3 is 1.32 bits per heavy atom. The average molecular weight is 973 g/mol. The fourth-order valence-electron chi connectivity index (χ4n) is 11.4. The summed E-state index contributed by atoms with van der Waals surface area (Å²) in [5.74, 6) is 2.58. The number of imidazole rings is 2. The third-order valence-electron chi connectivity index (χ3n) is 14.9. The quantitative estimate of drug-likeness (QED) is 0.135. The Hall–Kier alpha value is -10.0. The van der Waals surface area contributed by atoms with Gasteiger partial charge in [0.15, 0.2) is 0 Å². The molecule has 0 radical (unpaired) electrons. The Morgan fingerprint density at radius 1 is 0.316 bits per heavy atom. The van der Waals surface area contributed by atoms with E-state index in [0.29, 0.717) is 0 Å². The summed E-state index contributed by atoms with van der Waals surface area (Å²) >= 11 is 0. The van der Waals surface area contributed by atoms with Gasteiger partial charge in [0.05, 0.1) is 22.1 Å². The van der Waals surface area contributed by atoms with Crippen LogP contribution in [-0.4, -0.2) is 29.1 Å². The maximum atomic E-state index is 5.34. The summed E-state index contributed by atoms with van der Waals surface area (Å²) in [4.78, 5) is 19.8. The number of hydrogen-bond donors (Lipinski definition) is 0. The maximum Gasteiger partial charge on any atom is 0.147 e. The van der Waals surface area contributed by atoms with Gasteiger partial charge in [0.1, 0.15) is 17.5 Å². The molecule has 0 spiro atoms. The van der Waals surface area contributed by atoms with E-state index in [1.807, 2.05) is 48.9 Å². The van der Waals surface area contributed by atoms with Crippen molar-refractivity contribution in [3.8, 4) is 89.9 Å². The van der Waals surface area contributed by atoms with E-state index >= 15 is 0 Å². The minimum absolute atomic E-state index is 0.844. The molecule has 0 aliphatic carbocycles. The largest absolute Gasteiger partial charge is 0.292 e. The number of pyridine rings is 2. The SMILES string of the molecule is Cc1cc(-c2ccc3c(-c4ccccc4)c4cc(-c5ccc(-c6cc(C)c7c(c6)nc(-c6ccccc6)n7-c6ccccn6)cc5)ccc4c(-c4ccccc4)c3c2)cc2nc(-c3cccnc3)n(-c3ccccc3)c12. The molecule has 0 fully saturated rings. The van der Waals surface area contributed by atoms with Gasteiger partial charge in [-0.2, -0.15) is 0 Å². The van der Waals surface area contributed by atoms with Gasteiger partial charge in [-0.1, -0.05) is 164 Å². The van der Waals surface area contributed by atoms with Gasteiger partial charge in [-0.15, -0.1) is 0 Å². The van der Waals surface area contributed by atoms with Crippen molar-refractivity contribution in [1.82, 2.24) is 29.1 Å². The lowest BCUT2D eigenvalue weighted by atomic mass is 9.83. The van der Waals surface area contributed by atoms with Crippen molar-refractivity contribution in [1.29, 1.82) is 0 Å². The second-order valence-corrected chi connectivity index (χ2v) is 19.6. The summed E-state index contributed by atoms with van der Waals surface area (Å²) in [5, 5.41) is 4.81. The van der Waals surface area contributed by atoms with Crippen molar-refractivity contribution in [2.75, 3.05) is 0 Å². The summed E-state index contributed by atoms with van der Waals surface area (Å²) in [7, 11) is 0. The van der Waals surface area contributed by atoms with Crippen molar-refractivity contribution < 1.29 is 0 Å². The van der Waals surface area contributed by atoms with Crippen molar-refractivity contribution in [3.05, 3.63) is 266 Å². The third kappa shape index (κ3) is 7.66. The summed E-state index contributed by atoms with van der Waals surface area (Å²) in [5.41, 5.74) is 21.0. The molecule has 0 bridgehead atoms. The first kappa shape index (κ1) is 44.6. The van der Waals surface area contributed by atoms with Gasteiger partial charge in [0, 0.05) is 35.4 Å². The van der Waals surface area contributed by atoms with Crippen LogP contribution in [0.5, 0.6) is 0 Å². The van der Waals surface area contributed by atoms with Crippen LogP contribution in [0.15, 0.2) is 255 Å². The topological polar surface area (TPSA) is 61.4 Å². The molecule has 10 aromatic carbocycles. The highest BCUT2D eigenvalue weighted by atomic mass is 15.1. The molecule has 0 unspecified atom stereocenters. The van der Waals surface area contributed by atoms with Crippen LogP contribution < -0.4 is 0 Å². The first-order valence-electron chi connectivity index (χ1n) is 25.8. The Balaban J connectivity index is 0.904. The van der Waals surface area contributed by atoms with Gasteiger partial charge in [0.2, 0.25) is 0 Å². The molecule has 0 saturated heterocycles. The summed E-state index contributed by atoms with van der Waals surface area (Å²) < 4.78 is 4.45. The average Bonchev–Trinajstić information content (AvgIpc) is 4.17. The summed E-state index contributed by atoms with van der Waals surface area (Å²) in [6.45, 7) is 4.37. The van der Waals surface area contributed by atoms with Gasteiger partial charge >= 0.3 is 0 Å². The lowest BCUT2D eigenvalue weighted by molar-refractivity contribution is 1.03. The minimum Gasteiger partial charge on any atom is -0.292 e. The number of benzene rings is 10. The van der Waals surface area contributed by atoms with Crippen LogP contribution in [0.25, 0.3) is 134 Å². The molecular formula is C70H48N6. The molecule has 0 atom stereocenters. The number of aryl methyl sites for hydroxylation is 2. The first-order valence-corrected chi connectivity index (χ1v) is 25.8. The van der Waals surface area contributed by atoms with Crippen molar-refractivity contribution in [3.63, 3.8) is 0 Å². The van der Waals surface area contributed by atoms with E-state index in [1.54, 1.807) is 0 Å². The van der Waals surface area contributed by atoms with Crippen LogP contribution in [0.1, 0.15) is 11.1 Å². The monoisotopic (exact) mass is 972 g/mol. The van der Waals surface area contributed by atoms with Gasteiger partial charge in [0.25, 0.3) is 0 Å². The zero-order valence-electron chi connectivity index (χ0n) is 41.9.